The van der Waals surface area contributed by atoms with Gasteiger partial charge in [0.1, 0.15) is 11.9 Å². The van der Waals surface area contributed by atoms with Gasteiger partial charge in [0.05, 0.1) is 11.8 Å². The van der Waals surface area contributed by atoms with Crippen LogP contribution in [0.15, 0.2) is 22.8 Å². The average molecular weight is 211 g/mol. The van der Waals surface area contributed by atoms with Crippen molar-refractivity contribution in [3.8, 4) is 0 Å². The summed E-state index contributed by atoms with van der Waals surface area (Å²) in [5.41, 5.74) is -0.238. The number of likely N-dealkylation sites (N-methyl/N-ethyl adjacent to an activating group) is 1. The van der Waals surface area contributed by atoms with Gasteiger partial charge in [0.25, 0.3) is 0 Å². The largest absolute Gasteiger partial charge is 0.467 e. The van der Waals surface area contributed by atoms with Crippen LogP contribution in [0.3, 0.4) is 0 Å². The van der Waals surface area contributed by atoms with Crippen LogP contribution in [0.2, 0.25) is 0 Å². The molecule has 0 amide bonds. The molecule has 1 N–H and O–H groups in total. The van der Waals surface area contributed by atoms with Crippen LogP contribution < -0.4 is 0 Å². The molecule has 1 atom stereocenters. The molecule has 0 saturated heterocycles. The summed E-state index contributed by atoms with van der Waals surface area (Å²) >= 11 is 0. The summed E-state index contributed by atoms with van der Waals surface area (Å²) in [6.07, 6.45) is 2.80. The average Bonchev–Trinajstić information content (AvgIpc) is 2.72. The molecule has 1 heterocycles. The molecule has 0 aromatic carbocycles. The lowest BCUT2D eigenvalue weighted by Crippen LogP contribution is -2.48. The van der Waals surface area contributed by atoms with E-state index in [2.05, 4.69) is 18.7 Å². The highest BCUT2D eigenvalue weighted by Gasteiger charge is 2.39. The van der Waals surface area contributed by atoms with Gasteiger partial charge in [0, 0.05) is 0 Å². The van der Waals surface area contributed by atoms with Gasteiger partial charge >= 0.3 is 0 Å². The molecular weight excluding hydrogens is 190 g/mol. The van der Waals surface area contributed by atoms with Gasteiger partial charge in [0.2, 0.25) is 0 Å². The fraction of sp³-hybridized carbons (Fsp3) is 0.667. The highest BCUT2D eigenvalue weighted by molar-refractivity contribution is 5.09. The first-order valence-corrected chi connectivity index (χ1v) is 5.47. The van der Waals surface area contributed by atoms with E-state index in [-0.39, 0.29) is 5.54 Å². The van der Waals surface area contributed by atoms with Gasteiger partial charge in [-0.15, -0.1) is 0 Å². The van der Waals surface area contributed by atoms with Crippen LogP contribution in [0.4, 0.5) is 0 Å². The first-order chi connectivity index (χ1) is 7.08. The van der Waals surface area contributed by atoms with Gasteiger partial charge < -0.3 is 14.4 Å². The SMILES string of the molecule is CCC(CC)(C(O)c1ccco1)N(C)C. The topological polar surface area (TPSA) is 36.6 Å². The van der Waals surface area contributed by atoms with Crippen LogP contribution in [-0.2, 0) is 0 Å². The number of aliphatic hydroxyl groups excluding tert-OH is 1. The predicted octanol–water partition coefficient (Wildman–Crippen LogP) is 2.43. The van der Waals surface area contributed by atoms with Crippen LogP contribution in [0.25, 0.3) is 0 Å². The van der Waals surface area contributed by atoms with Crippen molar-refractivity contribution >= 4 is 0 Å². The summed E-state index contributed by atoms with van der Waals surface area (Å²) in [4.78, 5) is 2.08. The van der Waals surface area contributed by atoms with E-state index in [1.54, 1.807) is 6.26 Å². The molecule has 0 aliphatic carbocycles. The quantitative estimate of drug-likeness (QED) is 0.812. The molecule has 1 aromatic heterocycles. The zero-order valence-electron chi connectivity index (χ0n) is 10.0. The molecular formula is C12H21NO2. The molecule has 1 rings (SSSR count). The number of furan rings is 1. The van der Waals surface area contributed by atoms with Gasteiger partial charge in [-0.05, 0) is 39.1 Å². The lowest BCUT2D eigenvalue weighted by Gasteiger charge is -2.41. The standard InChI is InChI=1S/C12H21NO2/c1-5-12(6-2,13(3)4)11(14)10-8-7-9-15-10/h7-9,11,14H,5-6H2,1-4H3. The molecule has 0 aliphatic rings. The number of aliphatic hydroxyl groups is 1. The zero-order valence-corrected chi connectivity index (χ0v) is 10.0. The van der Waals surface area contributed by atoms with Gasteiger partial charge in [-0.1, -0.05) is 13.8 Å². The molecule has 0 aliphatic heterocycles. The van der Waals surface area contributed by atoms with E-state index in [1.807, 2.05) is 26.2 Å². The van der Waals surface area contributed by atoms with Gasteiger partial charge in [0.15, 0.2) is 0 Å². The third kappa shape index (κ3) is 2.08. The van der Waals surface area contributed by atoms with Crippen LogP contribution in [-0.4, -0.2) is 29.6 Å². The van der Waals surface area contributed by atoms with Gasteiger partial charge in [-0.2, -0.15) is 0 Å². The molecule has 86 valence electrons. The van der Waals surface area contributed by atoms with E-state index in [9.17, 15) is 5.11 Å². The summed E-state index contributed by atoms with van der Waals surface area (Å²) < 4.78 is 5.28. The van der Waals surface area contributed by atoms with Crippen LogP contribution >= 0.6 is 0 Å². The van der Waals surface area contributed by atoms with Crippen molar-refractivity contribution in [1.82, 2.24) is 4.90 Å². The second-order valence-corrected chi connectivity index (χ2v) is 4.12. The molecule has 0 fully saturated rings. The number of rotatable bonds is 5. The van der Waals surface area contributed by atoms with E-state index < -0.39 is 6.10 Å². The Kier molecular flexibility index (Phi) is 3.94. The van der Waals surface area contributed by atoms with Crippen LogP contribution in [0.5, 0.6) is 0 Å². The fourth-order valence-electron chi connectivity index (χ4n) is 2.23. The zero-order chi connectivity index (χ0) is 11.5. The monoisotopic (exact) mass is 211 g/mol. The lowest BCUT2D eigenvalue weighted by atomic mass is 9.84. The van der Waals surface area contributed by atoms with Crippen molar-refractivity contribution in [3.63, 3.8) is 0 Å². The van der Waals surface area contributed by atoms with Crippen molar-refractivity contribution < 1.29 is 9.52 Å². The summed E-state index contributed by atoms with van der Waals surface area (Å²) in [5, 5.41) is 10.4. The Labute approximate surface area is 91.7 Å². The van der Waals surface area contributed by atoms with E-state index in [1.165, 1.54) is 0 Å². The maximum Gasteiger partial charge on any atom is 0.134 e. The van der Waals surface area contributed by atoms with Crippen molar-refractivity contribution in [2.75, 3.05) is 14.1 Å². The highest BCUT2D eigenvalue weighted by atomic mass is 16.4. The van der Waals surface area contributed by atoms with Crippen LogP contribution in [0, 0.1) is 0 Å². The Morgan fingerprint density at radius 2 is 2.00 bits per heavy atom. The predicted molar refractivity (Wildman–Crippen MR) is 60.7 cm³/mol. The molecule has 0 saturated carbocycles. The van der Waals surface area contributed by atoms with Crippen molar-refractivity contribution in [1.29, 1.82) is 0 Å². The molecule has 1 unspecified atom stereocenters. The molecule has 3 heteroatoms. The first kappa shape index (κ1) is 12.3. The Balaban J connectivity index is 2.99. The second kappa shape index (κ2) is 4.81. The molecule has 1 aromatic rings. The Bertz CT molecular complexity index is 276. The maximum absolute atomic E-state index is 10.4. The first-order valence-electron chi connectivity index (χ1n) is 5.47. The molecule has 3 nitrogen and oxygen atoms in total. The van der Waals surface area contributed by atoms with Gasteiger partial charge in [-0.25, -0.2) is 0 Å². The normalized spacial score (nSPS) is 14.5. The summed E-state index contributed by atoms with van der Waals surface area (Å²) in [5.74, 6) is 0.646. The molecule has 0 bridgehead atoms. The second-order valence-electron chi connectivity index (χ2n) is 4.12. The minimum absolute atomic E-state index is 0.238. The van der Waals surface area contributed by atoms with E-state index in [4.69, 9.17) is 4.42 Å². The van der Waals surface area contributed by atoms with E-state index in [0.29, 0.717) is 5.76 Å². The van der Waals surface area contributed by atoms with Crippen LogP contribution in [0.1, 0.15) is 38.6 Å². The van der Waals surface area contributed by atoms with Crippen molar-refractivity contribution in [2.24, 2.45) is 0 Å². The fourth-order valence-corrected chi connectivity index (χ4v) is 2.23. The summed E-state index contributed by atoms with van der Waals surface area (Å²) in [7, 11) is 4.00. The maximum atomic E-state index is 10.4. The van der Waals surface area contributed by atoms with E-state index >= 15 is 0 Å². The third-order valence-electron chi connectivity index (χ3n) is 3.44. The lowest BCUT2D eigenvalue weighted by molar-refractivity contribution is -0.0266. The summed E-state index contributed by atoms with van der Waals surface area (Å²) in [6, 6.07) is 3.64. The van der Waals surface area contributed by atoms with Crippen molar-refractivity contribution in [3.05, 3.63) is 24.2 Å². The third-order valence-corrected chi connectivity index (χ3v) is 3.44. The molecule has 15 heavy (non-hydrogen) atoms. The minimum atomic E-state index is -0.572. The Morgan fingerprint density at radius 3 is 2.33 bits per heavy atom. The highest BCUT2D eigenvalue weighted by Crippen LogP contribution is 2.35. The Hall–Kier alpha value is -0.800. The van der Waals surface area contributed by atoms with E-state index in [0.717, 1.165) is 12.8 Å². The van der Waals surface area contributed by atoms with Crippen molar-refractivity contribution in [2.45, 2.75) is 38.3 Å². The smallest absolute Gasteiger partial charge is 0.134 e. The molecule has 0 spiro atoms. The van der Waals surface area contributed by atoms with Gasteiger partial charge in [-0.3, -0.25) is 0 Å². The minimum Gasteiger partial charge on any atom is -0.467 e. The number of hydrogen-bond acceptors (Lipinski definition) is 3. The summed E-state index contributed by atoms with van der Waals surface area (Å²) in [6.45, 7) is 4.19. The molecule has 0 radical (unpaired) electrons. The number of hydrogen-bond donors (Lipinski definition) is 1. The number of nitrogens with zero attached hydrogens (tertiary/aromatic N) is 1. The Morgan fingerprint density at radius 1 is 1.40 bits per heavy atom.